The zero-order valence-corrected chi connectivity index (χ0v) is 16.2. The number of nitrogens with zero attached hydrogens (tertiary/aromatic N) is 2. The maximum absolute atomic E-state index is 12.6. The minimum Gasteiger partial charge on any atom is -0.497 e. The van der Waals surface area contributed by atoms with Gasteiger partial charge >= 0.3 is 0 Å². The second-order valence-electron chi connectivity index (χ2n) is 6.98. The molecule has 0 aromatic heterocycles. The van der Waals surface area contributed by atoms with E-state index in [9.17, 15) is 4.79 Å². The molecule has 1 aliphatic rings. The van der Waals surface area contributed by atoms with Crippen molar-refractivity contribution in [3.8, 4) is 5.75 Å². The Kier molecular flexibility index (Phi) is 6.53. The van der Waals surface area contributed by atoms with Crippen molar-refractivity contribution in [1.29, 1.82) is 0 Å². The summed E-state index contributed by atoms with van der Waals surface area (Å²) >= 11 is 0. The van der Waals surface area contributed by atoms with Crippen molar-refractivity contribution in [3.63, 3.8) is 0 Å². The highest BCUT2D eigenvalue weighted by Gasteiger charge is 2.16. The van der Waals surface area contributed by atoms with Crippen molar-refractivity contribution in [1.82, 2.24) is 4.90 Å². The van der Waals surface area contributed by atoms with Crippen molar-refractivity contribution in [3.05, 3.63) is 65.7 Å². The molecular formula is C23H28N2O2. The van der Waals surface area contributed by atoms with E-state index in [0.29, 0.717) is 6.54 Å². The number of hydrogen-bond acceptors (Lipinski definition) is 3. The number of para-hydroxylation sites is 1. The fourth-order valence-corrected chi connectivity index (χ4v) is 3.46. The summed E-state index contributed by atoms with van der Waals surface area (Å²) in [5.41, 5.74) is 3.41. The van der Waals surface area contributed by atoms with Crippen LogP contribution < -0.4 is 9.64 Å². The van der Waals surface area contributed by atoms with Gasteiger partial charge in [0.1, 0.15) is 5.75 Å². The monoisotopic (exact) mass is 364 g/mol. The first-order chi connectivity index (χ1) is 13.2. The van der Waals surface area contributed by atoms with Gasteiger partial charge in [-0.3, -0.25) is 4.79 Å². The van der Waals surface area contributed by atoms with Crippen LogP contribution in [0.3, 0.4) is 0 Å². The van der Waals surface area contributed by atoms with Crippen LogP contribution in [0.25, 0.3) is 6.08 Å². The van der Waals surface area contributed by atoms with Gasteiger partial charge in [-0.05, 0) is 54.7 Å². The smallest absolute Gasteiger partial charge is 0.246 e. The van der Waals surface area contributed by atoms with E-state index in [-0.39, 0.29) is 5.91 Å². The highest BCUT2D eigenvalue weighted by atomic mass is 16.5. The van der Waals surface area contributed by atoms with Crippen LogP contribution in [0.2, 0.25) is 0 Å². The molecule has 1 heterocycles. The molecule has 4 heteroatoms. The minimum atomic E-state index is -0.00809. The van der Waals surface area contributed by atoms with Gasteiger partial charge in [-0.2, -0.15) is 0 Å². The number of likely N-dealkylation sites (N-methyl/N-ethyl adjacent to an activating group) is 1. The zero-order chi connectivity index (χ0) is 19.1. The molecular weight excluding hydrogens is 336 g/mol. The molecule has 4 nitrogen and oxygen atoms in total. The van der Waals surface area contributed by atoms with Crippen LogP contribution in [0, 0.1) is 0 Å². The summed E-state index contributed by atoms with van der Waals surface area (Å²) in [6, 6.07) is 16.1. The van der Waals surface area contributed by atoms with Crippen LogP contribution in [0.4, 0.5) is 5.69 Å². The molecule has 0 radical (unpaired) electrons. The Balaban J connectivity index is 1.67. The van der Waals surface area contributed by atoms with Crippen LogP contribution in [-0.2, 0) is 11.3 Å². The average Bonchev–Trinajstić information content (AvgIpc) is 2.73. The standard InChI is InChI=1S/C23H28N2O2/c1-24(23(26)14-13-19-9-8-11-21(17-19)27-2)18-20-10-4-5-12-22(20)25-15-6-3-7-16-25/h4-5,8-14,17H,3,6-7,15-16,18H2,1-2H3. The van der Waals surface area contributed by atoms with E-state index in [2.05, 4.69) is 23.1 Å². The van der Waals surface area contributed by atoms with Gasteiger partial charge in [0.25, 0.3) is 0 Å². The lowest BCUT2D eigenvalue weighted by molar-refractivity contribution is -0.125. The highest BCUT2D eigenvalue weighted by molar-refractivity contribution is 5.91. The zero-order valence-electron chi connectivity index (χ0n) is 16.2. The number of carbonyl (C=O) groups excluding carboxylic acids is 1. The Morgan fingerprint density at radius 2 is 1.89 bits per heavy atom. The van der Waals surface area contributed by atoms with Gasteiger partial charge < -0.3 is 14.5 Å². The van der Waals surface area contributed by atoms with E-state index in [1.54, 1.807) is 18.1 Å². The molecule has 1 aliphatic heterocycles. The molecule has 3 rings (SSSR count). The minimum absolute atomic E-state index is 0.00809. The number of benzene rings is 2. The first-order valence-electron chi connectivity index (χ1n) is 9.57. The predicted molar refractivity (Wildman–Crippen MR) is 111 cm³/mol. The number of hydrogen-bond donors (Lipinski definition) is 0. The summed E-state index contributed by atoms with van der Waals surface area (Å²) in [7, 11) is 3.49. The summed E-state index contributed by atoms with van der Waals surface area (Å²) in [6.07, 6.45) is 7.25. The molecule has 1 fully saturated rings. The normalized spacial score (nSPS) is 14.4. The van der Waals surface area contributed by atoms with Gasteiger partial charge in [0, 0.05) is 38.4 Å². The fourth-order valence-electron chi connectivity index (χ4n) is 3.46. The second kappa shape index (κ2) is 9.26. The lowest BCUT2D eigenvalue weighted by Crippen LogP contribution is -2.31. The molecule has 0 bridgehead atoms. The van der Waals surface area contributed by atoms with E-state index >= 15 is 0 Å². The van der Waals surface area contributed by atoms with Gasteiger partial charge in [-0.1, -0.05) is 30.3 Å². The van der Waals surface area contributed by atoms with E-state index in [4.69, 9.17) is 4.74 Å². The van der Waals surface area contributed by atoms with Gasteiger partial charge in [0.05, 0.1) is 7.11 Å². The Hall–Kier alpha value is -2.75. The van der Waals surface area contributed by atoms with Crippen molar-refractivity contribution >= 4 is 17.7 Å². The lowest BCUT2D eigenvalue weighted by Gasteiger charge is -2.31. The molecule has 2 aromatic carbocycles. The van der Waals surface area contributed by atoms with Crippen molar-refractivity contribution in [2.24, 2.45) is 0 Å². The molecule has 0 unspecified atom stereocenters. The van der Waals surface area contributed by atoms with E-state index in [1.165, 1.54) is 30.5 Å². The topological polar surface area (TPSA) is 32.8 Å². The summed E-state index contributed by atoms with van der Waals surface area (Å²) in [5, 5.41) is 0. The molecule has 1 amide bonds. The number of carbonyl (C=O) groups is 1. The summed E-state index contributed by atoms with van der Waals surface area (Å²) in [5.74, 6) is 0.777. The number of anilines is 1. The van der Waals surface area contributed by atoms with E-state index in [0.717, 1.165) is 24.4 Å². The molecule has 1 saturated heterocycles. The van der Waals surface area contributed by atoms with Gasteiger partial charge in [0.15, 0.2) is 0 Å². The summed E-state index contributed by atoms with van der Waals surface area (Å²) < 4.78 is 5.23. The Morgan fingerprint density at radius 1 is 1.11 bits per heavy atom. The largest absolute Gasteiger partial charge is 0.497 e. The molecule has 0 spiro atoms. The average molecular weight is 364 g/mol. The number of piperidine rings is 1. The van der Waals surface area contributed by atoms with Crippen LogP contribution in [0.15, 0.2) is 54.6 Å². The first-order valence-corrected chi connectivity index (χ1v) is 9.57. The van der Waals surface area contributed by atoms with Gasteiger partial charge in [-0.25, -0.2) is 0 Å². The molecule has 142 valence electrons. The third kappa shape index (κ3) is 5.13. The van der Waals surface area contributed by atoms with Crippen LogP contribution >= 0.6 is 0 Å². The lowest BCUT2D eigenvalue weighted by atomic mass is 10.1. The number of methoxy groups -OCH3 is 1. The Morgan fingerprint density at radius 3 is 2.67 bits per heavy atom. The maximum Gasteiger partial charge on any atom is 0.246 e. The number of amides is 1. The summed E-state index contributed by atoms with van der Waals surface area (Å²) in [4.78, 5) is 16.8. The van der Waals surface area contributed by atoms with E-state index < -0.39 is 0 Å². The van der Waals surface area contributed by atoms with Crippen LogP contribution in [-0.4, -0.2) is 38.1 Å². The van der Waals surface area contributed by atoms with Crippen molar-refractivity contribution < 1.29 is 9.53 Å². The molecule has 0 aliphatic carbocycles. The van der Waals surface area contributed by atoms with E-state index in [1.807, 2.05) is 43.5 Å². The SMILES string of the molecule is COc1cccc(C=CC(=O)N(C)Cc2ccccc2N2CCCCC2)c1. The third-order valence-electron chi connectivity index (χ3n) is 4.98. The predicted octanol–water partition coefficient (Wildman–Crippen LogP) is 4.36. The van der Waals surface area contributed by atoms with Crippen molar-refractivity contribution in [2.75, 3.05) is 32.1 Å². The third-order valence-corrected chi connectivity index (χ3v) is 4.98. The Bertz CT molecular complexity index is 794. The first kappa shape index (κ1) is 19.0. The highest BCUT2D eigenvalue weighted by Crippen LogP contribution is 2.25. The molecule has 2 aromatic rings. The number of ether oxygens (including phenoxy) is 1. The summed E-state index contributed by atoms with van der Waals surface area (Å²) in [6.45, 7) is 2.81. The van der Waals surface area contributed by atoms with Crippen LogP contribution in [0.5, 0.6) is 5.75 Å². The quantitative estimate of drug-likeness (QED) is 0.714. The molecule has 27 heavy (non-hydrogen) atoms. The molecule has 0 saturated carbocycles. The Labute approximate surface area is 162 Å². The molecule has 0 N–H and O–H groups in total. The molecule has 0 atom stereocenters. The van der Waals surface area contributed by atoms with Gasteiger partial charge in [-0.15, -0.1) is 0 Å². The fraction of sp³-hybridized carbons (Fsp3) is 0.348. The van der Waals surface area contributed by atoms with Gasteiger partial charge in [0.2, 0.25) is 5.91 Å². The number of rotatable bonds is 6. The maximum atomic E-state index is 12.6. The van der Waals surface area contributed by atoms with Crippen molar-refractivity contribution in [2.45, 2.75) is 25.8 Å². The second-order valence-corrected chi connectivity index (χ2v) is 6.98. The van der Waals surface area contributed by atoms with Crippen LogP contribution in [0.1, 0.15) is 30.4 Å².